The van der Waals surface area contributed by atoms with E-state index in [0.29, 0.717) is 13.0 Å². The quantitative estimate of drug-likeness (QED) is 0.919. The van der Waals surface area contributed by atoms with Crippen molar-refractivity contribution < 1.29 is 14.3 Å². The highest BCUT2D eigenvalue weighted by Gasteiger charge is 2.40. The molecule has 2 aliphatic heterocycles. The molecule has 1 amide bonds. The van der Waals surface area contributed by atoms with Crippen molar-refractivity contribution in [2.45, 2.75) is 44.9 Å². The van der Waals surface area contributed by atoms with Gasteiger partial charge >= 0.3 is 0 Å². The van der Waals surface area contributed by atoms with Crippen molar-refractivity contribution in [2.75, 3.05) is 13.7 Å². The zero-order chi connectivity index (χ0) is 15.1. The van der Waals surface area contributed by atoms with E-state index < -0.39 is 0 Å². The molecule has 5 nitrogen and oxygen atoms in total. The number of hydrogen-bond acceptors (Lipinski definition) is 4. The molecule has 3 rings (SSSR count). The molecule has 3 unspecified atom stereocenters. The Morgan fingerprint density at radius 3 is 2.86 bits per heavy atom. The van der Waals surface area contributed by atoms with Crippen molar-refractivity contribution in [2.24, 2.45) is 5.73 Å². The smallest absolute Gasteiger partial charge is 0.224 e. The van der Waals surface area contributed by atoms with Crippen molar-refractivity contribution in [1.29, 1.82) is 0 Å². The molecule has 0 radical (unpaired) electrons. The van der Waals surface area contributed by atoms with Crippen molar-refractivity contribution in [3.8, 4) is 11.5 Å². The van der Waals surface area contributed by atoms with Gasteiger partial charge in [0.15, 0.2) is 0 Å². The minimum absolute atomic E-state index is 0.104. The third kappa shape index (κ3) is 2.25. The summed E-state index contributed by atoms with van der Waals surface area (Å²) < 4.78 is 11.4. The van der Waals surface area contributed by atoms with Gasteiger partial charge in [0.1, 0.15) is 17.6 Å². The second-order valence-corrected chi connectivity index (χ2v) is 5.83. The third-order valence-corrected chi connectivity index (χ3v) is 4.38. The van der Waals surface area contributed by atoms with Crippen molar-refractivity contribution in [3.05, 3.63) is 23.3 Å². The monoisotopic (exact) mass is 290 g/mol. The maximum atomic E-state index is 12.1. The van der Waals surface area contributed by atoms with Gasteiger partial charge in [0.2, 0.25) is 5.91 Å². The molecule has 2 N–H and O–H groups in total. The molecule has 2 aliphatic rings. The van der Waals surface area contributed by atoms with Crippen molar-refractivity contribution >= 4 is 5.91 Å². The molecule has 0 bridgehead atoms. The molecule has 0 aliphatic carbocycles. The van der Waals surface area contributed by atoms with Gasteiger partial charge in [-0.1, -0.05) is 0 Å². The summed E-state index contributed by atoms with van der Waals surface area (Å²) in [5, 5.41) is 0. The summed E-state index contributed by atoms with van der Waals surface area (Å²) in [4.78, 5) is 13.9. The van der Waals surface area contributed by atoms with E-state index in [1.807, 2.05) is 24.0 Å². The van der Waals surface area contributed by atoms with Gasteiger partial charge in [0, 0.05) is 36.6 Å². The van der Waals surface area contributed by atoms with Gasteiger partial charge in [-0.05, 0) is 26.0 Å². The van der Waals surface area contributed by atoms with Crippen molar-refractivity contribution in [3.63, 3.8) is 0 Å². The summed E-state index contributed by atoms with van der Waals surface area (Å²) in [7, 11) is 1.66. The Morgan fingerprint density at radius 1 is 1.43 bits per heavy atom. The summed E-state index contributed by atoms with van der Waals surface area (Å²) in [5.41, 5.74) is 8.31. The minimum atomic E-state index is -0.205. The molecule has 0 spiro atoms. The zero-order valence-corrected chi connectivity index (χ0v) is 12.8. The van der Waals surface area contributed by atoms with Crippen molar-refractivity contribution in [1.82, 2.24) is 4.90 Å². The number of likely N-dealkylation sites (tertiary alicyclic amines) is 1. The number of methoxy groups -OCH3 is 1. The average molecular weight is 290 g/mol. The molecule has 3 atom stereocenters. The number of carbonyl (C=O) groups is 1. The highest BCUT2D eigenvalue weighted by Crippen LogP contribution is 2.42. The van der Waals surface area contributed by atoms with Crippen LogP contribution < -0.4 is 15.2 Å². The Morgan fingerprint density at radius 2 is 2.19 bits per heavy atom. The molecule has 114 valence electrons. The Kier molecular flexibility index (Phi) is 3.53. The number of nitrogens with two attached hydrogens (primary N) is 1. The maximum Gasteiger partial charge on any atom is 0.224 e. The van der Waals surface area contributed by atoms with E-state index in [1.54, 1.807) is 7.11 Å². The summed E-state index contributed by atoms with van der Waals surface area (Å²) in [6.45, 7) is 4.67. The lowest BCUT2D eigenvalue weighted by Gasteiger charge is -2.27. The van der Waals surface area contributed by atoms with Gasteiger partial charge < -0.3 is 20.1 Å². The van der Waals surface area contributed by atoms with E-state index in [0.717, 1.165) is 29.0 Å². The van der Waals surface area contributed by atoms with Gasteiger partial charge in [-0.2, -0.15) is 0 Å². The highest BCUT2D eigenvalue weighted by atomic mass is 16.5. The fraction of sp³-hybridized carbons (Fsp3) is 0.562. The molecule has 1 aromatic carbocycles. The second kappa shape index (κ2) is 5.22. The molecule has 0 aromatic heterocycles. The lowest BCUT2D eigenvalue weighted by atomic mass is 9.97. The van der Waals surface area contributed by atoms with E-state index in [-0.39, 0.29) is 24.1 Å². The first-order valence-corrected chi connectivity index (χ1v) is 7.47. The van der Waals surface area contributed by atoms with Crippen LogP contribution in [0.1, 0.15) is 37.4 Å². The second-order valence-electron chi connectivity index (χ2n) is 5.83. The van der Waals surface area contributed by atoms with Gasteiger partial charge in [-0.3, -0.25) is 4.79 Å². The third-order valence-electron chi connectivity index (χ3n) is 4.38. The number of carbonyl (C=O) groups excluding carboxylic acids is 1. The normalized spacial score (nSPS) is 27.7. The number of benzene rings is 1. The summed E-state index contributed by atoms with van der Waals surface area (Å²) in [6, 6.07) is 3.69. The predicted molar refractivity (Wildman–Crippen MR) is 79.5 cm³/mol. The van der Waals surface area contributed by atoms with E-state index in [1.165, 1.54) is 0 Å². The van der Waals surface area contributed by atoms with E-state index >= 15 is 0 Å². The molecular formula is C16H22N2O3. The van der Waals surface area contributed by atoms with Crippen LogP contribution in [0.2, 0.25) is 0 Å². The van der Waals surface area contributed by atoms with Gasteiger partial charge in [0.05, 0.1) is 13.2 Å². The number of likely N-dealkylation sites (N-methyl/N-ethyl adjacent to an activating group) is 1. The fourth-order valence-electron chi connectivity index (χ4n) is 3.45. The van der Waals surface area contributed by atoms with Crippen LogP contribution in [0.4, 0.5) is 0 Å². The van der Waals surface area contributed by atoms with Crippen LogP contribution in [-0.4, -0.2) is 36.6 Å². The maximum absolute atomic E-state index is 12.1. The Bertz CT molecular complexity index is 573. The SMILES string of the molecule is CCN1C(=O)CC(N)C1c1cc2c(cc1OC)CC(C)O2. The zero-order valence-electron chi connectivity index (χ0n) is 12.8. The predicted octanol–water partition coefficient (Wildman–Crippen LogP) is 1.64. The van der Waals surface area contributed by atoms with Crippen LogP contribution in [0.15, 0.2) is 12.1 Å². The van der Waals surface area contributed by atoms with E-state index in [9.17, 15) is 4.79 Å². The first kappa shape index (κ1) is 14.2. The average Bonchev–Trinajstić information content (AvgIpc) is 2.94. The minimum Gasteiger partial charge on any atom is -0.496 e. The number of nitrogens with zero attached hydrogens (tertiary/aromatic N) is 1. The largest absolute Gasteiger partial charge is 0.496 e. The Balaban J connectivity index is 2.05. The first-order chi connectivity index (χ1) is 10.0. The van der Waals surface area contributed by atoms with Crippen LogP contribution in [0.5, 0.6) is 11.5 Å². The molecule has 1 saturated heterocycles. The molecule has 1 aromatic rings. The van der Waals surface area contributed by atoms with Gasteiger partial charge in [0.25, 0.3) is 0 Å². The van der Waals surface area contributed by atoms with Gasteiger partial charge in [-0.15, -0.1) is 0 Å². The standard InChI is InChI=1S/C16H22N2O3/c1-4-18-15(19)8-12(17)16(18)11-7-13-10(5-9(2)21-13)6-14(11)20-3/h6-7,9,12,16H,4-5,8,17H2,1-3H3. The Hall–Kier alpha value is -1.75. The first-order valence-electron chi connectivity index (χ1n) is 7.47. The summed E-state index contributed by atoms with van der Waals surface area (Å²) in [6.07, 6.45) is 1.45. The molecule has 5 heteroatoms. The number of rotatable bonds is 3. The Labute approximate surface area is 125 Å². The lowest BCUT2D eigenvalue weighted by molar-refractivity contribution is -0.128. The number of hydrogen-bond donors (Lipinski definition) is 1. The van der Waals surface area contributed by atoms with Crippen LogP contribution in [0.25, 0.3) is 0 Å². The van der Waals surface area contributed by atoms with E-state index in [2.05, 4.69) is 6.92 Å². The molecule has 2 heterocycles. The summed E-state index contributed by atoms with van der Waals surface area (Å²) in [5.74, 6) is 1.78. The van der Waals surface area contributed by atoms with Gasteiger partial charge in [-0.25, -0.2) is 0 Å². The number of fused-ring (bicyclic) bond motifs is 1. The number of ether oxygens (including phenoxy) is 2. The lowest BCUT2D eigenvalue weighted by Crippen LogP contribution is -2.33. The van der Waals surface area contributed by atoms with Crippen LogP contribution in [-0.2, 0) is 11.2 Å². The molecule has 21 heavy (non-hydrogen) atoms. The fourth-order valence-corrected chi connectivity index (χ4v) is 3.45. The van der Waals surface area contributed by atoms with Crippen LogP contribution in [0.3, 0.4) is 0 Å². The molecular weight excluding hydrogens is 268 g/mol. The highest BCUT2D eigenvalue weighted by molar-refractivity contribution is 5.80. The van der Waals surface area contributed by atoms with E-state index in [4.69, 9.17) is 15.2 Å². The molecule has 0 saturated carbocycles. The molecule has 1 fully saturated rings. The van der Waals surface area contributed by atoms with Crippen LogP contribution in [0, 0.1) is 0 Å². The topological polar surface area (TPSA) is 64.8 Å². The summed E-state index contributed by atoms with van der Waals surface area (Å²) >= 11 is 0. The number of amides is 1. The van der Waals surface area contributed by atoms with Crippen LogP contribution >= 0.6 is 0 Å².